The second-order valence-electron chi connectivity index (χ2n) is 9.27. The van der Waals surface area contributed by atoms with Gasteiger partial charge in [0.1, 0.15) is 5.82 Å². The first kappa shape index (κ1) is 22.7. The number of aromatic nitrogens is 4. The van der Waals surface area contributed by atoms with Crippen LogP contribution in [0.25, 0.3) is 33.5 Å². The van der Waals surface area contributed by atoms with Crippen LogP contribution in [0.2, 0.25) is 0 Å². The van der Waals surface area contributed by atoms with Gasteiger partial charge in [-0.1, -0.05) is 23.8 Å². The number of allylic oxidation sites excluding steroid dienone is 2. The highest BCUT2D eigenvalue weighted by molar-refractivity contribution is 7.09. The number of fused-ring (bicyclic) bond motifs is 2. The molecule has 0 amide bonds. The predicted octanol–water partition coefficient (Wildman–Crippen LogP) is 6.84. The van der Waals surface area contributed by atoms with Gasteiger partial charge in [-0.3, -0.25) is 0 Å². The van der Waals surface area contributed by atoms with E-state index in [2.05, 4.69) is 44.9 Å². The van der Waals surface area contributed by atoms with Crippen molar-refractivity contribution in [1.82, 2.24) is 19.1 Å². The Labute approximate surface area is 213 Å². The minimum absolute atomic E-state index is 0.350. The third-order valence-corrected chi connectivity index (χ3v) is 7.86. The van der Waals surface area contributed by atoms with E-state index in [0.29, 0.717) is 5.56 Å². The lowest BCUT2D eigenvalue weighted by Crippen LogP contribution is -2.05. The fourth-order valence-electron chi connectivity index (χ4n) is 5.19. The maximum atomic E-state index is 12.2. The Morgan fingerprint density at radius 2 is 2.06 bits per heavy atom. The molecule has 5 aromatic rings. The average molecular weight is 497 g/mol. The molecular weight excluding hydrogens is 468 g/mol. The molecular formula is C29H28N4O2S. The summed E-state index contributed by atoms with van der Waals surface area (Å²) >= 11 is 1.75. The molecule has 7 heteroatoms. The summed E-state index contributed by atoms with van der Waals surface area (Å²) in [4.78, 5) is 23.3. The van der Waals surface area contributed by atoms with Gasteiger partial charge >= 0.3 is 5.97 Å². The van der Waals surface area contributed by atoms with E-state index in [0.717, 1.165) is 53.0 Å². The minimum atomic E-state index is -0.350. The molecule has 0 fully saturated rings. The highest BCUT2D eigenvalue weighted by atomic mass is 32.1. The van der Waals surface area contributed by atoms with Gasteiger partial charge in [0.2, 0.25) is 0 Å². The van der Waals surface area contributed by atoms with Gasteiger partial charge in [-0.2, -0.15) is 0 Å². The van der Waals surface area contributed by atoms with Crippen LogP contribution in [0.15, 0.2) is 71.9 Å². The van der Waals surface area contributed by atoms with Crippen LogP contribution in [-0.4, -0.2) is 32.2 Å². The van der Waals surface area contributed by atoms with E-state index in [-0.39, 0.29) is 5.97 Å². The average Bonchev–Trinajstić information content (AvgIpc) is 3.66. The summed E-state index contributed by atoms with van der Waals surface area (Å²) in [5.41, 5.74) is 6.94. The van der Waals surface area contributed by atoms with Crippen molar-refractivity contribution in [1.29, 1.82) is 0 Å². The Balaban J connectivity index is 1.50. The lowest BCUT2D eigenvalue weighted by molar-refractivity contribution is 0.0601. The first-order valence-corrected chi connectivity index (χ1v) is 13.3. The molecule has 0 unspecified atom stereocenters. The molecule has 0 bridgehead atoms. The van der Waals surface area contributed by atoms with Gasteiger partial charge in [0.05, 0.1) is 47.6 Å². The van der Waals surface area contributed by atoms with Crippen molar-refractivity contribution in [3.05, 3.63) is 82.3 Å². The van der Waals surface area contributed by atoms with E-state index < -0.39 is 0 Å². The molecule has 0 atom stereocenters. The summed E-state index contributed by atoms with van der Waals surface area (Å²) in [6, 6.07) is 16.1. The van der Waals surface area contributed by atoms with Crippen LogP contribution in [0.5, 0.6) is 0 Å². The van der Waals surface area contributed by atoms with Gasteiger partial charge in [0, 0.05) is 17.0 Å². The molecule has 1 aliphatic carbocycles. The van der Waals surface area contributed by atoms with Crippen molar-refractivity contribution < 1.29 is 9.53 Å². The fourth-order valence-corrected chi connectivity index (χ4v) is 5.89. The number of nitrogens with zero attached hydrogens (tertiary/aromatic N) is 4. The van der Waals surface area contributed by atoms with Crippen molar-refractivity contribution in [2.24, 2.45) is 0 Å². The van der Waals surface area contributed by atoms with Crippen molar-refractivity contribution >= 4 is 39.4 Å². The lowest BCUT2D eigenvalue weighted by atomic mass is 9.97. The Hall–Kier alpha value is -3.71. The maximum absolute atomic E-state index is 12.2. The third kappa shape index (κ3) is 4.24. The molecule has 0 saturated heterocycles. The molecule has 0 N–H and O–H groups in total. The first-order valence-electron chi connectivity index (χ1n) is 12.4. The molecule has 6 nitrogen and oxygen atoms in total. The zero-order chi connectivity index (χ0) is 24.5. The Morgan fingerprint density at radius 3 is 2.86 bits per heavy atom. The molecule has 1 aliphatic rings. The van der Waals surface area contributed by atoms with Crippen LogP contribution in [-0.2, 0) is 17.8 Å². The predicted molar refractivity (Wildman–Crippen MR) is 144 cm³/mol. The maximum Gasteiger partial charge on any atom is 0.337 e. The first-order chi connectivity index (χ1) is 17.7. The number of aryl methyl sites for hydroxylation is 1. The second kappa shape index (κ2) is 9.74. The van der Waals surface area contributed by atoms with Crippen molar-refractivity contribution in [3.8, 4) is 11.4 Å². The van der Waals surface area contributed by atoms with Crippen molar-refractivity contribution in [3.63, 3.8) is 0 Å². The summed E-state index contributed by atoms with van der Waals surface area (Å²) in [7, 11) is 1.41. The van der Waals surface area contributed by atoms with Crippen LogP contribution in [0.4, 0.5) is 0 Å². The number of methoxy groups -OCH3 is 1. The summed E-state index contributed by atoms with van der Waals surface area (Å²) in [5, 5.41) is 2.10. The molecule has 182 valence electrons. The van der Waals surface area contributed by atoms with E-state index in [1.54, 1.807) is 11.3 Å². The van der Waals surface area contributed by atoms with Gasteiger partial charge in [-0.15, -0.1) is 11.3 Å². The number of hydrogen-bond donors (Lipinski definition) is 0. The van der Waals surface area contributed by atoms with Gasteiger partial charge < -0.3 is 13.9 Å². The normalized spacial score (nSPS) is 13.9. The number of para-hydroxylation sites is 1. The fraction of sp³-hybridized carbons (Fsp3) is 0.276. The monoisotopic (exact) mass is 496 g/mol. The smallest absolute Gasteiger partial charge is 0.337 e. The Morgan fingerprint density at radius 1 is 1.11 bits per heavy atom. The number of esters is 1. The van der Waals surface area contributed by atoms with Crippen molar-refractivity contribution in [2.45, 2.75) is 45.2 Å². The van der Waals surface area contributed by atoms with Crippen LogP contribution in [0.1, 0.15) is 47.3 Å². The summed E-state index contributed by atoms with van der Waals surface area (Å²) < 4.78 is 9.48. The molecule has 2 aromatic carbocycles. The highest BCUT2D eigenvalue weighted by Gasteiger charge is 2.19. The quantitative estimate of drug-likeness (QED) is 0.183. The Kier molecular flexibility index (Phi) is 6.15. The summed E-state index contributed by atoms with van der Waals surface area (Å²) in [6.07, 6.45) is 10.2. The van der Waals surface area contributed by atoms with Gasteiger partial charge in [0.15, 0.2) is 0 Å². The van der Waals surface area contributed by atoms with Crippen LogP contribution in [0.3, 0.4) is 0 Å². The number of thiophene rings is 1. The SMILES string of the molecule is COC(=O)c1ccc2c(c1)nc(-c1cccc3ncn(Cc4cccs4)c13)n2CCC1=CCCCC1. The van der Waals surface area contributed by atoms with E-state index in [4.69, 9.17) is 14.7 Å². The molecule has 36 heavy (non-hydrogen) atoms. The minimum Gasteiger partial charge on any atom is -0.465 e. The third-order valence-electron chi connectivity index (χ3n) is 7.00. The van der Waals surface area contributed by atoms with Crippen LogP contribution >= 0.6 is 11.3 Å². The lowest BCUT2D eigenvalue weighted by Gasteiger charge is -2.15. The van der Waals surface area contributed by atoms with E-state index in [1.165, 1.54) is 43.2 Å². The Bertz CT molecular complexity index is 1580. The number of carbonyl (C=O) groups is 1. The standard InChI is InChI=1S/C29H28N4O2S/c1-35-29(34)21-12-13-26-25(17-21)31-28(33(26)15-14-20-7-3-2-4-8-20)23-10-5-11-24-27(23)32(19-30-24)18-22-9-6-16-36-22/h5-7,9-13,16-17,19H,2-4,8,14-15,18H2,1H3. The summed E-state index contributed by atoms with van der Waals surface area (Å²) in [5.74, 6) is 0.554. The molecule has 0 spiro atoms. The van der Waals surface area contributed by atoms with Gasteiger partial charge in [0.25, 0.3) is 0 Å². The number of carbonyl (C=O) groups excluding carboxylic acids is 1. The highest BCUT2D eigenvalue weighted by Crippen LogP contribution is 2.33. The van der Waals surface area contributed by atoms with Crippen LogP contribution < -0.4 is 0 Å². The van der Waals surface area contributed by atoms with E-state index in [9.17, 15) is 4.79 Å². The number of benzene rings is 2. The van der Waals surface area contributed by atoms with E-state index in [1.807, 2.05) is 30.6 Å². The second-order valence-corrected chi connectivity index (χ2v) is 10.3. The number of ether oxygens (including phenoxy) is 1. The van der Waals surface area contributed by atoms with Crippen LogP contribution in [0, 0.1) is 0 Å². The zero-order valence-electron chi connectivity index (χ0n) is 20.3. The molecule has 0 radical (unpaired) electrons. The molecule has 0 saturated carbocycles. The molecule has 6 rings (SSSR count). The van der Waals surface area contributed by atoms with Gasteiger partial charge in [-0.25, -0.2) is 14.8 Å². The molecule has 3 aromatic heterocycles. The number of hydrogen-bond acceptors (Lipinski definition) is 5. The topological polar surface area (TPSA) is 61.9 Å². The molecule has 3 heterocycles. The number of imidazole rings is 2. The molecule has 0 aliphatic heterocycles. The zero-order valence-corrected chi connectivity index (χ0v) is 21.1. The van der Waals surface area contributed by atoms with Gasteiger partial charge in [-0.05, 0) is 73.9 Å². The van der Waals surface area contributed by atoms with E-state index >= 15 is 0 Å². The largest absolute Gasteiger partial charge is 0.465 e. The summed E-state index contributed by atoms with van der Waals surface area (Å²) in [6.45, 7) is 1.61. The number of rotatable bonds is 7. The van der Waals surface area contributed by atoms with Crippen molar-refractivity contribution in [2.75, 3.05) is 7.11 Å².